The number of hydrogen-bond acceptors (Lipinski definition) is 6. The maximum absolute atomic E-state index is 13.6. The van der Waals surface area contributed by atoms with Gasteiger partial charge < -0.3 is 24.0 Å². The van der Waals surface area contributed by atoms with E-state index in [4.69, 9.17) is 16.3 Å². The van der Waals surface area contributed by atoms with Crippen LogP contribution >= 0.6 is 11.6 Å². The van der Waals surface area contributed by atoms with Crippen LogP contribution < -0.4 is 15.2 Å². The number of halogens is 1. The molecule has 2 aromatic carbocycles. The number of hydrogen-bond donors (Lipinski definition) is 0. The van der Waals surface area contributed by atoms with Crippen LogP contribution in [0.3, 0.4) is 0 Å². The number of anilines is 2. The number of piperazine rings is 1. The fraction of sp³-hybridized carbons (Fsp3) is 0.312. The van der Waals surface area contributed by atoms with Crippen LogP contribution in [0.5, 0.6) is 0 Å². The topological polar surface area (TPSA) is 88.0 Å². The molecule has 2 amide bonds. The number of carbonyl (C=O) groups is 2. The highest BCUT2D eigenvalue weighted by Crippen LogP contribution is 2.35. The van der Waals surface area contributed by atoms with Crippen molar-refractivity contribution in [3.8, 4) is 5.69 Å². The van der Waals surface area contributed by atoms with Gasteiger partial charge in [0.25, 0.3) is 5.91 Å². The summed E-state index contributed by atoms with van der Waals surface area (Å²) < 4.78 is 7.43. The van der Waals surface area contributed by atoms with Crippen LogP contribution in [0.4, 0.5) is 16.3 Å². The predicted octanol–water partition coefficient (Wildman–Crippen LogP) is 5.51. The first-order chi connectivity index (χ1) is 20.0. The Morgan fingerprint density at radius 1 is 1.02 bits per heavy atom. The third kappa shape index (κ3) is 5.09. The van der Waals surface area contributed by atoms with Crippen LogP contribution in [-0.2, 0) is 4.74 Å². The van der Waals surface area contributed by atoms with E-state index >= 15 is 0 Å². The van der Waals surface area contributed by atoms with Gasteiger partial charge in [-0.25, -0.2) is 9.78 Å². The van der Waals surface area contributed by atoms with Crippen LogP contribution in [0, 0.1) is 0 Å². The van der Waals surface area contributed by atoms with Crippen molar-refractivity contribution in [2.75, 3.05) is 29.9 Å². The van der Waals surface area contributed by atoms with E-state index in [9.17, 15) is 14.4 Å². The first-order valence-corrected chi connectivity index (χ1v) is 14.3. The molecule has 2 aliphatic rings. The Morgan fingerprint density at radius 3 is 2.43 bits per heavy atom. The van der Waals surface area contributed by atoms with E-state index in [2.05, 4.69) is 9.88 Å². The molecule has 0 unspecified atom stereocenters. The number of carbonyl (C=O) groups excluding carboxylic acids is 2. The summed E-state index contributed by atoms with van der Waals surface area (Å²) in [4.78, 5) is 49.7. The number of nitrogens with zero attached hydrogens (tertiary/aromatic N) is 5. The summed E-state index contributed by atoms with van der Waals surface area (Å²) in [5.74, 6) is 0.401. The highest BCUT2D eigenvalue weighted by atomic mass is 35.5. The van der Waals surface area contributed by atoms with E-state index in [1.807, 2.05) is 61.7 Å². The summed E-state index contributed by atoms with van der Waals surface area (Å²) in [7, 11) is 1.59. The predicted molar refractivity (Wildman–Crippen MR) is 164 cm³/mol. The van der Waals surface area contributed by atoms with E-state index in [1.165, 1.54) is 4.90 Å². The van der Waals surface area contributed by atoms with E-state index < -0.39 is 5.60 Å². The van der Waals surface area contributed by atoms with Gasteiger partial charge >= 0.3 is 6.09 Å². The van der Waals surface area contributed by atoms with E-state index in [0.29, 0.717) is 34.6 Å². The lowest BCUT2D eigenvalue weighted by Gasteiger charge is -2.35. The molecule has 0 saturated carbocycles. The van der Waals surface area contributed by atoms with Crippen LogP contribution in [0.1, 0.15) is 37.6 Å². The molecule has 2 aromatic heterocycles. The van der Waals surface area contributed by atoms with Crippen LogP contribution in [0.2, 0.25) is 5.02 Å². The molecule has 0 N–H and O–H groups in total. The molecular formula is C32H32ClN5O4. The summed E-state index contributed by atoms with van der Waals surface area (Å²) >= 11 is 6.27. The fourth-order valence-electron chi connectivity index (χ4n) is 5.80. The Labute approximate surface area is 248 Å². The number of fused-ring (bicyclic) bond motifs is 3. The molecule has 2 fully saturated rings. The average molecular weight is 586 g/mol. The number of ether oxygens (including phenoxy) is 1. The van der Waals surface area contributed by atoms with Crippen LogP contribution in [0.15, 0.2) is 77.9 Å². The molecular weight excluding hydrogens is 554 g/mol. The molecule has 0 spiro atoms. The van der Waals surface area contributed by atoms with Gasteiger partial charge in [0.1, 0.15) is 17.1 Å². The summed E-state index contributed by atoms with van der Waals surface area (Å²) in [6, 6.07) is 18.5. The Hall–Kier alpha value is -4.37. The molecule has 4 aromatic rings. The second kappa shape index (κ2) is 10.5. The lowest BCUT2D eigenvalue weighted by atomic mass is 10.1. The second-order valence-corrected chi connectivity index (χ2v) is 12.2. The number of aromatic nitrogens is 2. The van der Waals surface area contributed by atoms with Crippen LogP contribution in [0.25, 0.3) is 16.6 Å². The highest BCUT2D eigenvalue weighted by Gasteiger charge is 2.47. The molecule has 0 radical (unpaired) electrons. The lowest BCUT2D eigenvalue weighted by molar-refractivity contribution is 0.0214. The molecule has 42 heavy (non-hydrogen) atoms. The number of rotatable bonds is 4. The highest BCUT2D eigenvalue weighted by molar-refractivity contribution is 6.31. The standard InChI is InChI=1S/C32H32ClN5O4/c1-32(2,3)42-31(41)38-18-23-15-24(38)17-37(23)28-13-10-20(16-34-28)30(40)35(4)27-19-36(22-8-6-5-7-9-22)26-14-21(33)11-12-25(26)29(27)39/h5-14,16,19,23-24H,15,17-18H2,1-4H3/t23-,24-/m0/s1. The van der Waals surface area contributed by atoms with Gasteiger partial charge in [-0.1, -0.05) is 29.8 Å². The van der Waals surface area contributed by atoms with Gasteiger partial charge in [0.2, 0.25) is 5.43 Å². The fourth-order valence-corrected chi connectivity index (χ4v) is 5.97. The Bertz CT molecular complexity index is 1730. The van der Waals surface area contributed by atoms with Crippen molar-refractivity contribution < 1.29 is 14.3 Å². The number of benzene rings is 2. The largest absolute Gasteiger partial charge is 0.444 e. The number of likely N-dealkylation sites (tertiary alicyclic amines) is 1. The number of amides is 2. The summed E-state index contributed by atoms with van der Waals surface area (Å²) in [5, 5.41) is 0.970. The van der Waals surface area contributed by atoms with Crippen molar-refractivity contribution in [3.05, 3.63) is 93.9 Å². The third-order valence-electron chi connectivity index (χ3n) is 7.81. The minimum Gasteiger partial charge on any atom is -0.444 e. The Balaban J connectivity index is 1.23. The molecule has 2 bridgehead atoms. The minimum atomic E-state index is -0.537. The maximum Gasteiger partial charge on any atom is 0.410 e. The van der Waals surface area contributed by atoms with Crippen molar-refractivity contribution in [1.82, 2.24) is 14.5 Å². The van der Waals surface area contributed by atoms with Crippen molar-refractivity contribution in [2.24, 2.45) is 0 Å². The molecule has 2 saturated heterocycles. The molecule has 2 atom stereocenters. The Morgan fingerprint density at radius 2 is 1.79 bits per heavy atom. The van der Waals surface area contributed by atoms with Crippen molar-refractivity contribution in [3.63, 3.8) is 0 Å². The summed E-state index contributed by atoms with van der Waals surface area (Å²) in [5.41, 5.74) is 1.29. The second-order valence-electron chi connectivity index (χ2n) is 11.8. The summed E-state index contributed by atoms with van der Waals surface area (Å²) in [6.45, 7) is 6.83. The molecule has 10 heteroatoms. The van der Waals surface area contributed by atoms with E-state index in [1.54, 1.807) is 48.6 Å². The van der Waals surface area contributed by atoms with Crippen molar-refractivity contribution in [2.45, 2.75) is 44.9 Å². The number of pyridine rings is 2. The van der Waals surface area contributed by atoms with Crippen molar-refractivity contribution in [1.29, 1.82) is 0 Å². The van der Waals surface area contributed by atoms with Gasteiger partial charge in [-0.2, -0.15) is 0 Å². The Kier molecular flexibility index (Phi) is 6.93. The number of para-hydroxylation sites is 1. The normalized spacial score (nSPS) is 18.0. The van der Waals surface area contributed by atoms with Gasteiger partial charge in [0.05, 0.1) is 23.2 Å². The molecule has 6 rings (SSSR count). The van der Waals surface area contributed by atoms with Crippen molar-refractivity contribution >= 4 is 46.0 Å². The van der Waals surface area contributed by atoms with Gasteiger partial charge in [-0.15, -0.1) is 0 Å². The SMILES string of the molecule is CN(C(=O)c1ccc(N2C[C@@H]3C[C@H]2CN3C(=O)OC(C)(C)C)nc1)c1cn(-c2ccccc2)c2cc(Cl)ccc2c1=O. The van der Waals surface area contributed by atoms with E-state index in [0.717, 1.165) is 17.9 Å². The molecule has 0 aliphatic carbocycles. The smallest absolute Gasteiger partial charge is 0.410 e. The van der Waals surface area contributed by atoms with E-state index in [-0.39, 0.29) is 35.2 Å². The zero-order valence-corrected chi connectivity index (χ0v) is 24.7. The monoisotopic (exact) mass is 585 g/mol. The summed E-state index contributed by atoms with van der Waals surface area (Å²) in [6.07, 6.45) is 3.79. The molecule has 216 valence electrons. The van der Waals surface area contributed by atoms with Gasteiger partial charge in [-0.05, 0) is 69.7 Å². The average Bonchev–Trinajstić information content (AvgIpc) is 3.58. The minimum absolute atomic E-state index is 0.0636. The van der Waals surface area contributed by atoms with Gasteiger partial charge in [0, 0.05) is 48.6 Å². The molecule has 2 aliphatic heterocycles. The van der Waals surface area contributed by atoms with Crippen LogP contribution in [-0.4, -0.2) is 64.3 Å². The maximum atomic E-state index is 13.6. The quantitative estimate of drug-likeness (QED) is 0.314. The first kappa shape index (κ1) is 27.8. The van der Waals surface area contributed by atoms with Gasteiger partial charge in [-0.3, -0.25) is 9.59 Å². The zero-order chi connectivity index (χ0) is 29.8. The lowest BCUT2D eigenvalue weighted by Crippen LogP contribution is -2.50. The van der Waals surface area contributed by atoms with Gasteiger partial charge in [0.15, 0.2) is 0 Å². The third-order valence-corrected chi connectivity index (χ3v) is 8.04. The molecule has 9 nitrogen and oxygen atoms in total. The molecule has 4 heterocycles. The first-order valence-electron chi connectivity index (χ1n) is 13.9. The zero-order valence-electron chi connectivity index (χ0n) is 24.0.